The molecule has 1 aliphatic heterocycles. The molecule has 1 N–H and O–H groups in total. The summed E-state index contributed by atoms with van der Waals surface area (Å²) in [4.78, 5) is 20.9. The second-order valence-corrected chi connectivity index (χ2v) is 7.70. The fraction of sp³-hybridized carbons (Fsp3) is 0.545. The molecule has 0 spiro atoms. The van der Waals surface area contributed by atoms with E-state index in [1.165, 1.54) is 29.5 Å². The van der Waals surface area contributed by atoms with Crippen molar-refractivity contribution in [3.8, 4) is 6.07 Å². The predicted octanol–water partition coefficient (Wildman–Crippen LogP) is 2.73. The summed E-state index contributed by atoms with van der Waals surface area (Å²) in [7, 11) is 0. The second kappa shape index (κ2) is 8.76. The first kappa shape index (κ1) is 19.0. The number of ether oxygens (including phenoxy) is 1. The number of hydrogen-bond acceptors (Lipinski definition) is 4. The van der Waals surface area contributed by atoms with Gasteiger partial charge < -0.3 is 14.6 Å². The van der Waals surface area contributed by atoms with Gasteiger partial charge >= 0.3 is 0 Å². The van der Waals surface area contributed by atoms with Crippen LogP contribution in [0.2, 0.25) is 0 Å². The van der Waals surface area contributed by atoms with E-state index in [9.17, 15) is 4.79 Å². The molecule has 1 saturated heterocycles. The van der Waals surface area contributed by atoms with Crippen molar-refractivity contribution >= 4 is 16.8 Å². The highest BCUT2D eigenvalue weighted by Gasteiger charge is 2.20. The maximum absolute atomic E-state index is 13.2. The molecule has 148 valence electrons. The maximum Gasteiger partial charge on any atom is 0.253 e. The molecule has 0 unspecified atom stereocenters. The molecule has 2 aliphatic rings. The molecule has 6 nitrogen and oxygen atoms in total. The molecular formula is C22H28N4O2. The molecule has 6 heteroatoms. The average Bonchev–Trinajstić information content (AvgIpc) is 3.12. The predicted molar refractivity (Wildman–Crippen MR) is 108 cm³/mol. The van der Waals surface area contributed by atoms with Crippen LogP contribution in [0.3, 0.4) is 0 Å². The zero-order chi connectivity index (χ0) is 19.3. The van der Waals surface area contributed by atoms with E-state index in [0.29, 0.717) is 19.5 Å². The van der Waals surface area contributed by atoms with Crippen molar-refractivity contribution in [2.45, 2.75) is 32.1 Å². The van der Waals surface area contributed by atoms with Gasteiger partial charge in [-0.05, 0) is 49.4 Å². The van der Waals surface area contributed by atoms with Crippen LogP contribution in [0.25, 0.3) is 10.9 Å². The third kappa shape index (κ3) is 4.06. The van der Waals surface area contributed by atoms with Crippen LogP contribution in [0, 0.1) is 11.3 Å². The third-order valence-electron chi connectivity index (χ3n) is 5.92. The fourth-order valence-corrected chi connectivity index (χ4v) is 4.31. The van der Waals surface area contributed by atoms with E-state index in [1.54, 1.807) is 0 Å². The molecule has 2 aromatic rings. The molecule has 0 radical (unpaired) electrons. The summed E-state index contributed by atoms with van der Waals surface area (Å²) in [6.07, 6.45) is 4.99. The molecule has 28 heavy (non-hydrogen) atoms. The number of carbonyl (C=O) groups excluding carboxylic acids is 1. The van der Waals surface area contributed by atoms with Gasteiger partial charge in [-0.3, -0.25) is 9.69 Å². The van der Waals surface area contributed by atoms with Crippen molar-refractivity contribution in [1.82, 2.24) is 14.8 Å². The number of aromatic amines is 1. The Bertz CT molecular complexity index is 877. The third-order valence-corrected chi connectivity index (χ3v) is 5.92. The lowest BCUT2D eigenvalue weighted by Crippen LogP contribution is -2.43. The van der Waals surface area contributed by atoms with Gasteiger partial charge in [-0.2, -0.15) is 5.26 Å². The molecule has 4 rings (SSSR count). The lowest BCUT2D eigenvalue weighted by Gasteiger charge is -2.30. The number of nitrogens with one attached hydrogen (secondary N) is 1. The number of aromatic nitrogens is 1. The lowest BCUT2D eigenvalue weighted by atomic mass is 9.95. The smallest absolute Gasteiger partial charge is 0.253 e. The molecule has 1 fully saturated rings. The van der Waals surface area contributed by atoms with E-state index < -0.39 is 0 Å². The van der Waals surface area contributed by atoms with Gasteiger partial charge in [-0.25, -0.2) is 0 Å². The molecule has 1 aliphatic carbocycles. The summed E-state index contributed by atoms with van der Waals surface area (Å²) in [5, 5.41) is 10.2. The zero-order valence-corrected chi connectivity index (χ0v) is 16.4. The molecule has 1 aromatic carbocycles. The Labute approximate surface area is 166 Å². The summed E-state index contributed by atoms with van der Waals surface area (Å²) in [5.41, 5.74) is 4.56. The van der Waals surface area contributed by atoms with Crippen molar-refractivity contribution < 1.29 is 9.53 Å². The first-order chi connectivity index (χ1) is 13.8. The number of H-pyrrole nitrogens is 1. The summed E-state index contributed by atoms with van der Waals surface area (Å²) in [5.74, 6) is 0.0242. The minimum absolute atomic E-state index is 0.0242. The van der Waals surface area contributed by atoms with Gasteiger partial charge in [0, 0.05) is 54.9 Å². The fourth-order valence-electron chi connectivity index (χ4n) is 4.31. The number of aryl methyl sites for hydroxylation is 2. The van der Waals surface area contributed by atoms with Gasteiger partial charge in [-0.15, -0.1) is 0 Å². The Morgan fingerprint density at radius 1 is 1.21 bits per heavy atom. The monoisotopic (exact) mass is 380 g/mol. The number of fused-ring (bicyclic) bond motifs is 3. The Hall–Kier alpha value is -2.36. The minimum Gasteiger partial charge on any atom is -0.379 e. The van der Waals surface area contributed by atoms with Crippen LogP contribution in [-0.4, -0.2) is 66.6 Å². The SMILES string of the molecule is N#CCCN(CCN1CCOCC1)C(=O)c1ccc2[nH]c3c(c2c1)CCCC3. The molecular weight excluding hydrogens is 352 g/mol. The first-order valence-electron chi connectivity index (χ1n) is 10.4. The molecule has 0 saturated carbocycles. The van der Waals surface area contributed by atoms with Crippen molar-refractivity contribution in [3.05, 3.63) is 35.0 Å². The van der Waals surface area contributed by atoms with Crippen molar-refractivity contribution in [2.24, 2.45) is 0 Å². The van der Waals surface area contributed by atoms with E-state index in [2.05, 4.69) is 16.0 Å². The number of morpholine rings is 1. The Morgan fingerprint density at radius 3 is 2.86 bits per heavy atom. The van der Waals surface area contributed by atoms with Gasteiger partial charge in [0.15, 0.2) is 0 Å². The van der Waals surface area contributed by atoms with E-state index in [1.807, 2.05) is 23.1 Å². The minimum atomic E-state index is 0.0242. The number of nitriles is 1. The number of benzene rings is 1. The maximum atomic E-state index is 13.2. The topological polar surface area (TPSA) is 72.4 Å². The van der Waals surface area contributed by atoms with E-state index >= 15 is 0 Å². The lowest BCUT2D eigenvalue weighted by molar-refractivity contribution is 0.0326. The van der Waals surface area contributed by atoms with Gasteiger partial charge in [-0.1, -0.05) is 0 Å². The van der Waals surface area contributed by atoms with Crippen LogP contribution >= 0.6 is 0 Å². The van der Waals surface area contributed by atoms with Crippen LogP contribution in [0.1, 0.15) is 40.9 Å². The summed E-state index contributed by atoms with van der Waals surface area (Å²) in [6.45, 7) is 5.25. The highest BCUT2D eigenvalue weighted by molar-refractivity contribution is 5.99. The van der Waals surface area contributed by atoms with Crippen molar-refractivity contribution in [3.63, 3.8) is 0 Å². The van der Waals surface area contributed by atoms with Crippen LogP contribution in [-0.2, 0) is 17.6 Å². The number of carbonyl (C=O) groups is 1. The van der Waals surface area contributed by atoms with E-state index in [0.717, 1.165) is 56.8 Å². The van der Waals surface area contributed by atoms with E-state index in [-0.39, 0.29) is 5.91 Å². The second-order valence-electron chi connectivity index (χ2n) is 7.70. The molecule has 0 bridgehead atoms. The largest absolute Gasteiger partial charge is 0.379 e. The van der Waals surface area contributed by atoms with Gasteiger partial charge in [0.25, 0.3) is 5.91 Å². The molecule has 1 aromatic heterocycles. The number of hydrogen-bond donors (Lipinski definition) is 1. The molecule has 2 heterocycles. The Balaban J connectivity index is 1.52. The highest BCUT2D eigenvalue weighted by Crippen LogP contribution is 2.30. The number of nitrogens with zero attached hydrogens (tertiary/aromatic N) is 3. The average molecular weight is 380 g/mol. The first-order valence-corrected chi connectivity index (χ1v) is 10.4. The van der Waals surface area contributed by atoms with Crippen LogP contribution in [0.15, 0.2) is 18.2 Å². The Kier molecular flexibility index (Phi) is 5.94. The van der Waals surface area contributed by atoms with Crippen LogP contribution in [0.5, 0.6) is 0 Å². The van der Waals surface area contributed by atoms with Crippen molar-refractivity contribution in [1.29, 1.82) is 5.26 Å². The normalized spacial score (nSPS) is 17.2. The van der Waals surface area contributed by atoms with E-state index in [4.69, 9.17) is 10.00 Å². The zero-order valence-electron chi connectivity index (χ0n) is 16.4. The van der Waals surface area contributed by atoms with Gasteiger partial charge in [0.2, 0.25) is 0 Å². The highest BCUT2D eigenvalue weighted by atomic mass is 16.5. The van der Waals surface area contributed by atoms with Crippen molar-refractivity contribution in [2.75, 3.05) is 45.9 Å². The van der Waals surface area contributed by atoms with Gasteiger partial charge in [0.05, 0.1) is 25.7 Å². The Morgan fingerprint density at radius 2 is 2.04 bits per heavy atom. The molecule has 0 atom stereocenters. The van der Waals surface area contributed by atoms with Gasteiger partial charge in [0.1, 0.15) is 0 Å². The quantitative estimate of drug-likeness (QED) is 0.836. The number of rotatable bonds is 6. The van der Waals surface area contributed by atoms with Crippen LogP contribution < -0.4 is 0 Å². The summed E-state index contributed by atoms with van der Waals surface area (Å²) < 4.78 is 5.40. The number of amides is 1. The molecule has 1 amide bonds. The summed E-state index contributed by atoms with van der Waals surface area (Å²) >= 11 is 0. The standard InChI is InChI=1S/C22H28N4O2/c23-8-3-9-26(11-10-25-12-14-28-15-13-25)22(27)17-6-7-21-19(16-17)18-4-1-2-5-20(18)24-21/h6-7,16,24H,1-5,9-15H2. The summed E-state index contributed by atoms with van der Waals surface area (Å²) in [6, 6.07) is 8.17. The van der Waals surface area contributed by atoms with Crippen LogP contribution in [0.4, 0.5) is 0 Å².